The van der Waals surface area contributed by atoms with Crippen LogP contribution in [-0.2, 0) is 65.4 Å². The first-order valence-electron chi connectivity index (χ1n) is 33.9. The highest BCUT2D eigenvalue weighted by Gasteiger charge is 2.30. The standard InChI is InChI=1S/C65H126O17P2/c1-8-11-12-29-39-46-62(67)75-52-60(81-65(70)49-42-35-28-22-21-25-32-38-45-58(7)10-3)54-79-83(71,72)77-50-59(66)51-78-84(73,74)80-55-61(53-76-63(68)47-40-33-26-19-15-13-17-23-30-36-43-56(4)5)82-64(69)48-41-34-27-20-16-14-18-24-31-37-44-57(6)9-2/h56-61,66H,8-55H2,1-7H3,(H,71,72)(H,73,74)/t57?,58?,59-,60+,61+/m0/s1. The molecular formula is C65H126O17P2. The van der Waals surface area contributed by atoms with Gasteiger partial charge in [0.2, 0.25) is 0 Å². The van der Waals surface area contributed by atoms with E-state index in [2.05, 4.69) is 48.5 Å². The van der Waals surface area contributed by atoms with Gasteiger partial charge in [0.05, 0.1) is 26.4 Å². The molecule has 0 aromatic carbocycles. The minimum absolute atomic E-state index is 0.104. The van der Waals surface area contributed by atoms with E-state index in [1.165, 1.54) is 122 Å². The number of aliphatic hydroxyl groups is 1. The normalized spacial score (nSPS) is 15.0. The average Bonchev–Trinajstić information content (AvgIpc) is 3.54. The first kappa shape index (κ1) is 82.1. The first-order valence-corrected chi connectivity index (χ1v) is 36.9. The molecule has 0 aliphatic carbocycles. The van der Waals surface area contributed by atoms with E-state index in [0.29, 0.717) is 25.7 Å². The Morgan fingerprint density at radius 2 is 0.607 bits per heavy atom. The van der Waals surface area contributed by atoms with Crippen LogP contribution in [0, 0.1) is 17.8 Å². The molecule has 0 radical (unpaired) electrons. The molecule has 0 amide bonds. The molecule has 7 atom stereocenters. The van der Waals surface area contributed by atoms with Crippen LogP contribution >= 0.6 is 15.6 Å². The van der Waals surface area contributed by atoms with Crippen LogP contribution in [-0.4, -0.2) is 96.7 Å². The molecule has 84 heavy (non-hydrogen) atoms. The molecule has 0 rings (SSSR count). The van der Waals surface area contributed by atoms with Crippen molar-refractivity contribution in [3.05, 3.63) is 0 Å². The minimum atomic E-state index is -4.95. The Morgan fingerprint density at radius 1 is 0.345 bits per heavy atom. The quantitative estimate of drug-likeness (QED) is 0.0222. The topological polar surface area (TPSA) is 237 Å². The second-order valence-electron chi connectivity index (χ2n) is 24.5. The van der Waals surface area contributed by atoms with E-state index < -0.39 is 97.5 Å². The second-order valence-corrected chi connectivity index (χ2v) is 27.4. The molecule has 3 N–H and O–H groups in total. The predicted octanol–water partition coefficient (Wildman–Crippen LogP) is 17.9. The number of ether oxygens (including phenoxy) is 4. The minimum Gasteiger partial charge on any atom is -0.462 e. The highest BCUT2D eigenvalue weighted by atomic mass is 31.2. The van der Waals surface area contributed by atoms with Gasteiger partial charge in [-0.25, -0.2) is 9.13 Å². The van der Waals surface area contributed by atoms with Gasteiger partial charge in [0.1, 0.15) is 19.3 Å². The van der Waals surface area contributed by atoms with Crippen molar-refractivity contribution >= 4 is 39.5 Å². The summed E-state index contributed by atoms with van der Waals surface area (Å²) in [5.41, 5.74) is 0. The van der Waals surface area contributed by atoms with Crippen molar-refractivity contribution in [1.82, 2.24) is 0 Å². The van der Waals surface area contributed by atoms with Gasteiger partial charge in [-0.1, -0.05) is 267 Å². The number of phosphoric acid groups is 2. The van der Waals surface area contributed by atoms with Crippen LogP contribution in [0.15, 0.2) is 0 Å². The zero-order valence-electron chi connectivity index (χ0n) is 54.4. The SMILES string of the molecule is CCCCCCCC(=O)OC[C@H](COP(=O)(O)OC[C@H](O)COP(=O)(O)OC[C@@H](COC(=O)CCCCCCCCCCCCC(C)C)OC(=O)CCCCCCCCCCCCC(C)CC)OC(=O)CCCCCCCCCCC(C)CC. The lowest BCUT2D eigenvalue weighted by Gasteiger charge is -2.21. The third-order valence-corrected chi connectivity index (χ3v) is 17.5. The molecule has 19 heteroatoms. The number of esters is 4. The molecule has 0 aromatic rings. The summed E-state index contributed by atoms with van der Waals surface area (Å²) in [6.45, 7) is 11.7. The van der Waals surface area contributed by atoms with Crippen molar-refractivity contribution in [3.8, 4) is 0 Å². The van der Waals surface area contributed by atoms with Crippen LogP contribution in [0.25, 0.3) is 0 Å². The van der Waals surface area contributed by atoms with E-state index >= 15 is 0 Å². The summed E-state index contributed by atoms with van der Waals surface area (Å²) in [6, 6.07) is 0. The largest absolute Gasteiger partial charge is 0.472 e. The number of phosphoric ester groups is 2. The summed E-state index contributed by atoms with van der Waals surface area (Å²) in [4.78, 5) is 72.1. The Labute approximate surface area is 511 Å². The number of aliphatic hydroxyl groups excluding tert-OH is 1. The molecule has 0 saturated carbocycles. The van der Waals surface area contributed by atoms with E-state index in [-0.39, 0.29) is 25.7 Å². The van der Waals surface area contributed by atoms with E-state index in [1.54, 1.807) is 0 Å². The van der Waals surface area contributed by atoms with Gasteiger partial charge in [-0.05, 0) is 43.4 Å². The van der Waals surface area contributed by atoms with Gasteiger partial charge in [0.15, 0.2) is 12.2 Å². The second kappa shape index (κ2) is 56.3. The molecule has 0 aliphatic heterocycles. The molecule has 0 fully saturated rings. The van der Waals surface area contributed by atoms with Gasteiger partial charge in [-0.2, -0.15) is 0 Å². The molecule has 0 heterocycles. The van der Waals surface area contributed by atoms with Gasteiger partial charge in [-0.15, -0.1) is 0 Å². The smallest absolute Gasteiger partial charge is 0.462 e. The maximum absolute atomic E-state index is 13.0. The predicted molar refractivity (Wildman–Crippen MR) is 335 cm³/mol. The van der Waals surface area contributed by atoms with Crippen molar-refractivity contribution in [3.63, 3.8) is 0 Å². The lowest BCUT2D eigenvalue weighted by molar-refractivity contribution is -0.161. The summed E-state index contributed by atoms with van der Waals surface area (Å²) in [5, 5.41) is 10.5. The zero-order valence-corrected chi connectivity index (χ0v) is 56.1. The van der Waals surface area contributed by atoms with Crippen molar-refractivity contribution in [2.24, 2.45) is 17.8 Å². The summed E-state index contributed by atoms with van der Waals surface area (Å²) in [5.74, 6) is 0.186. The van der Waals surface area contributed by atoms with Crippen LogP contribution in [0.1, 0.15) is 318 Å². The van der Waals surface area contributed by atoms with E-state index in [0.717, 1.165) is 114 Å². The Balaban J connectivity index is 5.20. The lowest BCUT2D eigenvalue weighted by Crippen LogP contribution is -2.30. The van der Waals surface area contributed by atoms with E-state index in [1.807, 2.05) is 0 Å². The molecule has 4 unspecified atom stereocenters. The lowest BCUT2D eigenvalue weighted by atomic mass is 9.99. The van der Waals surface area contributed by atoms with E-state index in [4.69, 9.17) is 37.0 Å². The highest BCUT2D eigenvalue weighted by molar-refractivity contribution is 7.47. The Bertz CT molecular complexity index is 1670. The van der Waals surface area contributed by atoms with Gasteiger partial charge >= 0.3 is 39.5 Å². The van der Waals surface area contributed by atoms with Crippen LogP contribution in [0.3, 0.4) is 0 Å². The van der Waals surface area contributed by atoms with Crippen LogP contribution in [0.2, 0.25) is 0 Å². The fraction of sp³-hybridized carbons (Fsp3) is 0.938. The number of hydrogen-bond donors (Lipinski definition) is 3. The molecule has 0 bridgehead atoms. The molecule has 0 aromatic heterocycles. The van der Waals surface area contributed by atoms with Gasteiger partial charge in [0.25, 0.3) is 0 Å². The number of hydrogen-bond acceptors (Lipinski definition) is 15. The molecule has 0 saturated heterocycles. The summed E-state index contributed by atoms with van der Waals surface area (Å²) >= 11 is 0. The van der Waals surface area contributed by atoms with Crippen molar-refractivity contribution in [1.29, 1.82) is 0 Å². The number of unbranched alkanes of at least 4 members (excludes halogenated alkanes) is 29. The van der Waals surface area contributed by atoms with Gasteiger partial charge in [-0.3, -0.25) is 37.3 Å². The van der Waals surface area contributed by atoms with Crippen molar-refractivity contribution < 1.29 is 80.2 Å². The molecule has 0 aliphatic rings. The molecule has 498 valence electrons. The number of carbonyl (C=O) groups excluding carboxylic acids is 4. The van der Waals surface area contributed by atoms with Crippen LogP contribution in [0.4, 0.5) is 0 Å². The molecule has 17 nitrogen and oxygen atoms in total. The average molecular weight is 1240 g/mol. The summed E-state index contributed by atoms with van der Waals surface area (Å²) in [6.07, 6.45) is 37.8. The van der Waals surface area contributed by atoms with E-state index in [9.17, 15) is 43.2 Å². The fourth-order valence-electron chi connectivity index (χ4n) is 9.59. The zero-order chi connectivity index (χ0) is 62.4. The summed E-state index contributed by atoms with van der Waals surface area (Å²) in [7, 11) is -9.88. The Kier molecular flexibility index (Phi) is 55.0. The third kappa shape index (κ3) is 56.6. The third-order valence-electron chi connectivity index (χ3n) is 15.6. The highest BCUT2D eigenvalue weighted by Crippen LogP contribution is 2.45. The van der Waals surface area contributed by atoms with Gasteiger partial charge < -0.3 is 33.8 Å². The maximum atomic E-state index is 13.0. The summed E-state index contributed by atoms with van der Waals surface area (Å²) < 4.78 is 67.9. The Hall–Kier alpha value is -1.94. The van der Waals surface area contributed by atoms with Crippen molar-refractivity contribution in [2.75, 3.05) is 39.6 Å². The first-order chi connectivity index (χ1) is 40.3. The number of carbonyl (C=O) groups is 4. The van der Waals surface area contributed by atoms with Gasteiger partial charge in [0, 0.05) is 25.7 Å². The Morgan fingerprint density at radius 3 is 0.905 bits per heavy atom. The van der Waals surface area contributed by atoms with Crippen LogP contribution in [0.5, 0.6) is 0 Å². The molecule has 0 spiro atoms. The fourth-order valence-corrected chi connectivity index (χ4v) is 11.2. The molecular weight excluding hydrogens is 1110 g/mol. The monoisotopic (exact) mass is 1240 g/mol. The maximum Gasteiger partial charge on any atom is 0.472 e. The van der Waals surface area contributed by atoms with Crippen LogP contribution < -0.4 is 0 Å². The number of rotatable bonds is 63. The van der Waals surface area contributed by atoms with Crippen molar-refractivity contribution in [2.45, 2.75) is 336 Å².